The highest BCUT2D eigenvalue weighted by Crippen LogP contribution is 2.10. The molecule has 136 valence electrons. The van der Waals surface area contributed by atoms with Gasteiger partial charge in [0.15, 0.2) is 5.96 Å². The summed E-state index contributed by atoms with van der Waals surface area (Å²) >= 11 is 0. The van der Waals surface area contributed by atoms with Crippen LogP contribution in [0.15, 0.2) is 34.2 Å². The summed E-state index contributed by atoms with van der Waals surface area (Å²) in [5.74, 6) is 0.738. The Labute approximate surface area is 146 Å². The van der Waals surface area contributed by atoms with Crippen LogP contribution in [0.5, 0.6) is 0 Å². The van der Waals surface area contributed by atoms with Crippen molar-refractivity contribution in [3.05, 3.63) is 29.8 Å². The molecule has 0 aliphatic heterocycles. The van der Waals surface area contributed by atoms with Gasteiger partial charge in [0.1, 0.15) is 0 Å². The lowest BCUT2D eigenvalue weighted by molar-refractivity contribution is 0.547. The molecule has 0 saturated carbocycles. The second-order valence-electron chi connectivity index (χ2n) is 5.93. The molecule has 0 saturated heterocycles. The van der Waals surface area contributed by atoms with Crippen LogP contribution in [0.2, 0.25) is 0 Å². The van der Waals surface area contributed by atoms with Gasteiger partial charge in [-0.05, 0) is 38.0 Å². The van der Waals surface area contributed by atoms with Crippen molar-refractivity contribution in [1.82, 2.24) is 10.6 Å². The average molecular weight is 355 g/mol. The molecule has 0 fully saturated rings. The number of hydrogen-bond donors (Lipinski definition) is 3. The van der Waals surface area contributed by atoms with Crippen molar-refractivity contribution < 1.29 is 8.42 Å². The lowest BCUT2D eigenvalue weighted by Gasteiger charge is -2.17. The molecule has 1 unspecified atom stereocenters. The second-order valence-corrected chi connectivity index (χ2v) is 7.49. The first-order valence-electron chi connectivity index (χ1n) is 8.53. The van der Waals surface area contributed by atoms with Crippen LogP contribution in [0, 0.1) is 0 Å². The van der Waals surface area contributed by atoms with Crippen molar-refractivity contribution in [3.8, 4) is 0 Å². The van der Waals surface area contributed by atoms with E-state index in [9.17, 15) is 8.42 Å². The van der Waals surface area contributed by atoms with Crippen LogP contribution in [0.1, 0.15) is 52.0 Å². The summed E-state index contributed by atoms with van der Waals surface area (Å²) < 4.78 is 22.8. The summed E-state index contributed by atoms with van der Waals surface area (Å²) in [5, 5.41) is 11.8. The third kappa shape index (κ3) is 7.79. The molecule has 0 spiro atoms. The summed E-state index contributed by atoms with van der Waals surface area (Å²) in [6.07, 6.45) is 4.74. The number of primary sulfonamides is 1. The molecule has 24 heavy (non-hydrogen) atoms. The zero-order chi connectivity index (χ0) is 18.0. The Balaban J connectivity index is 2.72. The number of nitrogens with two attached hydrogens (primary N) is 1. The summed E-state index contributed by atoms with van der Waals surface area (Å²) in [6, 6.07) is 6.91. The molecule has 1 aromatic carbocycles. The van der Waals surface area contributed by atoms with Crippen molar-refractivity contribution in [2.24, 2.45) is 10.1 Å². The Morgan fingerprint density at radius 1 is 1.29 bits per heavy atom. The molecular weight excluding hydrogens is 324 g/mol. The largest absolute Gasteiger partial charge is 0.357 e. The number of unbranched alkanes of at least 4 members (excludes halogenated alkanes) is 2. The first-order chi connectivity index (χ1) is 11.4. The molecule has 0 heterocycles. The van der Waals surface area contributed by atoms with E-state index in [1.54, 1.807) is 12.1 Å². The van der Waals surface area contributed by atoms with Crippen molar-refractivity contribution in [2.75, 3.05) is 6.54 Å². The molecule has 0 radical (unpaired) electrons. The highest BCUT2D eigenvalue weighted by molar-refractivity contribution is 7.89. The molecule has 0 aromatic heterocycles. The van der Waals surface area contributed by atoms with Crippen molar-refractivity contribution in [2.45, 2.75) is 63.9 Å². The second kappa shape index (κ2) is 10.3. The quantitative estimate of drug-likeness (QED) is 0.360. The van der Waals surface area contributed by atoms with Crippen LogP contribution in [0.4, 0.5) is 0 Å². The third-order valence-electron chi connectivity index (χ3n) is 3.61. The van der Waals surface area contributed by atoms with E-state index in [0.29, 0.717) is 12.6 Å². The molecule has 0 aliphatic rings. The standard InChI is InChI=1S/C17H30N4O2S/c1-4-6-7-9-14(3)21-17(19-5-2)20-13-15-10-8-11-16(12-15)24(18,22)23/h8,10-12,14H,4-7,9,13H2,1-3H3,(H2,18,22,23)(H2,19,20,21). The van der Waals surface area contributed by atoms with E-state index in [4.69, 9.17) is 5.14 Å². The van der Waals surface area contributed by atoms with Gasteiger partial charge in [-0.15, -0.1) is 0 Å². The van der Waals surface area contributed by atoms with Gasteiger partial charge < -0.3 is 10.6 Å². The topological polar surface area (TPSA) is 96.6 Å². The molecule has 1 rings (SSSR count). The monoisotopic (exact) mass is 354 g/mol. The minimum Gasteiger partial charge on any atom is -0.357 e. The lowest BCUT2D eigenvalue weighted by Crippen LogP contribution is -2.42. The Kier molecular flexibility index (Phi) is 8.78. The fourth-order valence-electron chi connectivity index (χ4n) is 2.32. The van der Waals surface area contributed by atoms with E-state index in [0.717, 1.165) is 24.5 Å². The van der Waals surface area contributed by atoms with Crippen LogP contribution in [0.3, 0.4) is 0 Å². The van der Waals surface area contributed by atoms with Gasteiger partial charge in [-0.2, -0.15) is 0 Å². The van der Waals surface area contributed by atoms with Crippen LogP contribution in [-0.4, -0.2) is 27.0 Å². The van der Waals surface area contributed by atoms with Gasteiger partial charge in [-0.1, -0.05) is 38.3 Å². The third-order valence-corrected chi connectivity index (χ3v) is 4.53. The maximum Gasteiger partial charge on any atom is 0.238 e. The molecule has 1 atom stereocenters. The van der Waals surface area contributed by atoms with Crippen molar-refractivity contribution in [3.63, 3.8) is 0 Å². The van der Waals surface area contributed by atoms with Crippen LogP contribution in [-0.2, 0) is 16.6 Å². The van der Waals surface area contributed by atoms with Crippen LogP contribution >= 0.6 is 0 Å². The summed E-state index contributed by atoms with van der Waals surface area (Å²) in [6.45, 7) is 7.51. The predicted molar refractivity (Wildman–Crippen MR) is 99.4 cm³/mol. The van der Waals surface area contributed by atoms with Gasteiger partial charge in [-0.3, -0.25) is 0 Å². The Morgan fingerprint density at radius 3 is 2.67 bits per heavy atom. The minimum atomic E-state index is -3.69. The number of aliphatic imine (C=N–C) groups is 1. The number of sulfonamides is 1. The normalized spacial score (nSPS) is 13.6. The Morgan fingerprint density at radius 2 is 2.04 bits per heavy atom. The maximum absolute atomic E-state index is 11.4. The number of hydrogen-bond acceptors (Lipinski definition) is 3. The summed E-state index contributed by atoms with van der Waals surface area (Å²) in [4.78, 5) is 4.65. The smallest absolute Gasteiger partial charge is 0.238 e. The zero-order valence-corrected chi connectivity index (χ0v) is 15.7. The molecule has 1 aromatic rings. The number of nitrogens with one attached hydrogen (secondary N) is 2. The number of nitrogens with zero attached hydrogens (tertiary/aromatic N) is 1. The highest BCUT2D eigenvalue weighted by atomic mass is 32.2. The molecule has 7 heteroatoms. The summed E-state index contributed by atoms with van der Waals surface area (Å²) in [5.41, 5.74) is 0.803. The van der Waals surface area contributed by atoms with Gasteiger partial charge in [0.05, 0.1) is 11.4 Å². The summed E-state index contributed by atoms with van der Waals surface area (Å²) in [7, 11) is -3.69. The van der Waals surface area contributed by atoms with Crippen LogP contribution < -0.4 is 15.8 Å². The molecule has 0 amide bonds. The molecule has 6 nitrogen and oxygen atoms in total. The van der Waals surface area contributed by atoms with E-state index in [-0.39, 0.29) is 4.90 Å². The van der Waals surface area contributed by atoms with Gasteiger partial charge >= 0.3 is 0 Å². The Hall–Kier alpha value is -1.60. The average Bonchev–Trinajstić information content (AvgIpc) is 2.52. The first-order valence-corrected chi connectivity index (χ1v) is 10.1. The van der Waals surface area contributed by atoms with E-state index < -0.39 is 10.0 Å². The van der Waals surface area contributed by atoms with Crippen LogP contribution in [0.25, 0.3) is 0 Å². The number of guanidine groups is 1. The van der Waals surface area contributed by atoms with E-state index in [1.807, 2.05) is 13.0 Å². The molecule has 0 bridgehead atoms. The zero-order valence-electron chi connectivity index (χ0n) is 14.9. The van der Waals surface area contributed by atoms with Gasteiger partial charge in [0.2, 0.25) is 10.0 Å². The minimum absolute atomic E-state index is 0.112. The van der Waals surface area contributed by atoms with E-state index in [2.05, 4.69) is 29.5 Å². The van der Waals surface area contributed by atoms with E-state index >= 15 is 0 Å². The van der Waals surface area contributed by atoms with E-state index in [1.165, 1.54) is 25.3 Å². The highest BCUT2D eigenvalue weighted by Gasteiger charge is 2.08. The van der Waals surface area contributed by atoms with Gasteiger partial charge in [-0.25, -0.2) is 18.5 Å². The maximum atomic E-state index is 11.4. The fraction of sp³-hybridized carbons (Fsp3) is 0.588. The fourth-order valence-corrected chi connectivity index (χ4v) is 2.90. The Bertz CT molecular complexity index is 629. The molecule has 0 aliphatic carbocycles. The van der Waals surface area contributed by atoms with Crippen molar-refractivity contribution >= 4 is 16.0 Å². The van der Waals surface area contributed by atoms with Gasteiger partial charge in [0, 0.05) is 12.6 Å². The predicted octanol–water partition coefficient (Wildman–Crippen LogP) is 2.36. The SMILES string of the molecule is CCCCCC(C)NC(=NCc1cccc(S(N)(=O)=O)c1)NCC. The van der Waals surface area contributed by atoms with Crippen molar-refractivity contribution in [1.29, 1.82) is 0 Å². The molecular formula is C17H30N4O2S. The number of benzene rings is 1. The first kappa shape index (κ1) is 20.4. The van der Waals surface area contributed by atoms with Gasteiger partial charge in [0.25, 0.3) is 0 Å². The number of rotatable bonds is 9. The lowest BCUT2D eigenvalue weighted by atomic mass is 10.1. The molecule has 4 N–H and O–H groups in total.